The van der Waals surface area contributed by atoms with E-state index < -0.39 is 20.0 Å². The lowest BCUT2D eigenvalue weighted by molar-refractivity contribution is 0.354. The van der Waals surface area contributed by atoms with E-state index in [9.17, 15) is 16.8 Å². The van der Waals surface area contributed by atoms with E-state index in [-0.39, 0.29) is 26.9 Å². The number of rotatable bonds is 9. The van der Waals surface area contributed by atoms with Gasteiger partial charge in [0.2, 0.25) is 0 Å². The second-order valence-electron chi connectivity index (χ2n) is 6.91. The topological polar surface area (TPSA) is 120 Å². The van der Waals surface area contributed by atoms with E-state index in [0.29, 0.717) is 17.1 Å². The number of hydrogen-bond donors (Lipinski definition) is 2. The summed E-state index contributed by atoms with van der Waals surface area (Å²) >= 11 is 0. The fourth-order valence-corrected chi connectivity index (χ4v) is 5.49. The first-order valence-corrected chi connectivity index (χ1v) is 12.6. The number of sulfonamides is 2. The van der Waals surface area contributed by atoms with Crippen LogP contribution in [-0.4, -0.2) is 38.2 Å². The van der Waals surface area contributed by atoms with Gasteiger partial charge in [0.05, 0.1) is 42.5 Å². The lowest BCUT2D eigenvalue weighted by Crippen LogP contribution is -2.17. The van der Waals surface area contributed by atoms with Crippen molar-refractivity contribution in [2.75, 3.05) is 30.8 Å². The van der Waals surface area contributed by atoms with Gasteiger partial charge in [0.15, 0.2) is 11.5 Å². The van der Waals surface area contributed by atoms with Gasteiger partial charge in [0.1, 0.15) is 5.75 Å². The minimum Gasteiger partial charge on any atom is -0.495 e. The predicted octanol–water partition coefficient (Wildman–Crippen LogP) is 3.62. The summed E-state index contributed by atoms with van der Waals surface area (Å²) < 4.78 is 72.3. The first-order chi connectivity index (χ1) is 15.6. The minimum atomic E-state index is -4.04. The van der Waals surface area contributed by atoms with Crippen molar-refractivity contribution < 1.29 is 31.0 Å². The van der Waals surface area contributed by atoms with Crippen molar-refractivity contribution in [1.29, 1.82) is 0 Å². The lowest BCUT2D eigenvalue weighted by Gasteiger charge is -2.15. The fourth-order valence-electron chi connectivity index (χ4n) is 3.08. The molecule has 0 fully saturated rings. The molecule has 3 rings (SSSR count). The maximum Gasteiger partial charge on any atom is 0.262 e. The number of anilines is 2. The molecule has 0 saturated carbocycles. The van der Waals surface area contributed by atoms with Crippen LogP contribution in [0.5, 0.6) is 17.2 Å². The van der Waals surface area contributed by atoms with E-state index in [2.05, 4.69) is 9.44 Å². The molecule has 0 saturated heterocycles. The Morgan fingerprint density at radius 1 is 0.667 bits per heavy atom. The summed E-state index contributed by atoms with van der Waals surface area (Å²) in [5, 5.41) is 0. The zero-order valence-electron chi connectivity index (χ0n) is 18.4. The molecule has 3 aromatic carbocycles. The summed E-state index contributed by atoms with van der Waals surface area (Å²) in [4.78, 5) is -0.154. The van der Waals surface area contributed by atoms with Gasteiger partial charge >= 0.3 is 0 Å². The molecule has 0 bridgehead atoms. The SMILES string of the molecule is COc1ccccc1NS(=O)(=O)c1cc(NS(=O)(=O)c2ccc(OC)c(OC)c2)ccc1C. The Labute approximate surface area is 193 Å². The highest BCUT2D eigenvalue weighted by Crippen LogP contribution is 2.31. The zero-order valence-corrected chi connectivity index (χ0v) is 20.1. The highest BCUT2D eigenvalue weighted by atomic mass is 32.2. The highest BCUT2D eigenvalue weighted by molar-refractivity contribution is 7.93. The lowest BCUT2D eigenvalue weighted by atomic mass is 10.2. The smallest absolute Gasteiger partial charge is 0.262 e. The Hall–Kier alpha value is -3.44. The molecule has 0 spiro atoms. The molecule has 11 heteroatoms. The number of para-hydroxylation sites is 2. The monoisotopic (exact) mass is 492 g/mol. The van der Waals surface area contributed by atoms with Crippen molar-refractivity contribution in [2.45, 2.75) is 16.7 Å². The second kappa shape index (κ2) is 9.59. The Morgan fingerprint density at radius 2 is 1.33 bits per heavy atom. The van der Waals surface area contributed by atoms with Gasteiger partial charge in [0.25, 0.3) is 20.0 Å². The van der Waals surface area contributed by atoms with Crippen LogP contribution in [0.3, 0.4) is 0 Å². The summed E-state index contributed by atoms with van der Waals surface area (Å²) in [6, 6.07) is 15.0. The molecule has 9 nitrogen and oxygen atoms in total. The Bertz CT molecular complexity index is 1370. The van der Waals surface area contributed by atoms with Gasteiger partial charge in [-0.25, -0.2) is 16.8 Å². The Morgan fingerprint density at radius 3 is 2.00 bits per heavy atom. The van der Waals surface area contributed by atoms with Gasteiger partial charge in [-0.2, -0.15) is 0 Å². The van der Waals surface area contributed by atoms with Crippen molar-refractivity contribution in [1.82, 2.24) is 0 Å². The highest BCUT2D eigenvalue weighted by Gasteiger charge is 2.22. The van der Waals surface area contributed by atoms with E-state index in [4.69, 9.17) is 14.2 Å². The van der Waals surface area contributed by atoms with Gasteiger partial charge in [0, 0.05) is 6.07 Å². The number of hydrogen-bond acceptors (Lipinski definition) is 7. The third-order valence-electron chi connectivity index (χ3n) is 4.75. The molecule has 0 aliphatic heterocycles. The Kier molecular flexibility index (Phi) is 7.04. The number of aryl methyl sites for hydroxylation is 1. The molecule has 0 atom stereocenters. The average molecular weight is 493 g/mol. The van der Waals surface area contributed by atoms with E-state index in [1.165, 1.54) is 57.7 Å². The molecule has 3 aromatic rings. The summed E-state index contributed by atoms with van der Waals surface area (Å²) in [5.74, 6) is 0.972. The van der Waals surface area contributed by atoms with Crippen LogP contribution in [0.2, 0.25) is 0 Å². The van der Waals surface area contributed by atoms with E-state index >= 15 is 0 Å². The summed E-state index contributed by atoms with van der Waals surface area (Å²) in [5.41, 5.74) is 0.776. The van der Waals surface area contributed by atoms with Crippen molar-refractivity contribution in [2.24, 2.45) is 0 Å². The van der Waals surface area contributed by atoms with Gasteiger partial charge in [-0.05, 0) is 48.9 Å². The van der Waals surface area contributed by atoms with Crippen molar-refractivity contribution in [3.63, 3.8) is 0 Å². The van der Waals surface area contributed by atoms with Crippen LogP contribution in [0.15, 0.2) is 70.5 Å². The van der Waals surface area contributed by atoms with E-state index in [0.717, 1.165) is 0 Å². The van der Waals surface area contributed by atoms with Crippen LogP contribution >= 0.6 is 0 Å². The third-order valence-corrected chi connectivity index (χ3v) is 7.63. The average Bonchev–Trinajstić information content (AvgIpc) is 2.79. The molecular weight excluding hydrogens is 468 g/mol. The summed E-state index contributed by atoms with van der Waals surface area (Å²) in [6.45, 7) is 1.61. The third kappa shape index (κ3) is 5.32. The summed E-state index contributed by atoms with van der Waals surface area (Å²) in [7, 11) is -3.81. The molecule has 33 heavy (non-hydrogen) atoms. The van der Waals surface area contributed by atoms with Crippen LogP contribution in [-0.2, 0) is 20.0 Å². The van der Waals surface area contributed by atoms with Gasteiger partial charge in [-0.3, -0.25) is 9.44 Å². The molecule has 0 heterocycles. The first-order valence-electron chi connectivity index (χ1n) is 9.62. The fraction of sp³-hybridized carbons (Fsp3) is 0.182. The van der Waals surface area contributed by atoms with Crippen molar-refractivity contribution in [3.8, 4) is 17.2 Å². The van der Waals surface area contributed by atoms with E-state index in [1.54, 1.807) is 31.2 Å². The largest absolute Gasteiger partial charge is 0.495 e. The number of nitrogens with one attached hydrogen (secondary N) is 2. The van der Waals surface area contributed by atoms with Crippen molar-refractivity contribution in [3.05, 3.63) is 66.2 Å². The molecule has 0 aliphatic rings. The van der Waals surface area contributed by atoms with Gasteiger partial charge in [-0.1, -0.05) is 18.2 Å². The second-order valence-corrected chi connectivity index (χ2v) is 10.2. The molecule has 0 unspecified atom stereocenters. The van der Waals surface area contributed by atoms with Gasteiger partial charge < -0.3 is 14.2 Å². The minimum absolute atomic E-state index is 0.0720. The molecule has 0 aromatic heterocycles. The van der Waals surface area contributed by atoms with Crippen LogP contribution in [0.4, 0.5) is 11.4 Å². The molecule has 176 valence electrons. The first kappa shape index (κ1) is 24.2. The molecule has 0 aliphatic carbocycles. The van der Waals surface area contributed by atoms with Crippen molar-refractivity contribution >= 4 is 31.4 Å². The predicted molar refractivity (Wildman–Crippen MR) is 125 cm³/mol. The molecule has 0 radical (unpaired) electrons. The zero-order chi connectivity index (χ0) is 24.2. The number of benzene rings is 3. The van der Waals surface area contributed by atoms with E-state index in [1.807, 2.05) is 0 Å². The van der Waals surface area contributed by atoms with Crippen LogP contribution in [0.1, 0.15) is 5.56 Å². The standard InChI is InChI=1S/C22H24N2O7S2/c1-15-9-10-16(23-32(25,26)17-11-12-20(30-3)21(14-17)31-4)13-22(15)33(27,28)24-18-7-5-6-8-19(18)29-2/h5-14,23-24H,1-4H3. The number of ether oxygens (including phenoxy) is 3. The summed E-state index contributed by atoms with van der Waals surface area (Å²) in [6.07, 6.45) is 0. The van der Waals surface area contributed by atoms with Crippen LogP contribution in [0.25, 0.3) is 0 Å². The normalized spacial score (nSPS) is 11.5. The van der Waals surface area contributed by atoms with Crippen LogP contribution in [0, 0.1) is 6.92 Å². The maximum atomic E-state index is 13.1. The Balaban J connectivity index is 1.94. The van der Waals surface area contributed by atoms with Gasteiger partial charge in [-0.15, -0.1) is 0 Å². The quantitative estimate of drug-likeness (QED) is 0.468. The number of methoxy groups -OCH3 is 3. The maximum absolute atomic E-state index is 13.1. The van der Waals surface area contributed by atoms with Crippen LogP contribution < -0.4 is 23.7 Å². The molecular formula is C22H24N2O7S2. The molecule has 0 amide bonds. The molecule has 2 N–H and O–H groups in total.